The molecule has 2 heterocycles. The van der Waals surface area contributed by atoms with Gasteiger partial charge in [0.1, 0.15) is 5.75 Å². The molecule has 2 aliphatic rings. The van der Waals surface area contributed by atoms with Gasteiger partial charge in [-0.15, -0.1) is 0 Å². The summed E-state index contributed by atoms with van der Waals surface area (Å²) in [4.78, 5) is 14.9. The van der Waals surface area contributed by atoms with E-state index in [1.807, 2.05) is 34.9 Å². The summed E-state index contributed by atoms with van der Waals surface area (Å²) in [5.74, 6) is 3.26. The summed E-state index contributed by atoms with van der Waals surface area (Å²) in [5.41, 5.74) is 1.08. The number of nitrogens with one attached hydrogen (secondary N) is 2. The first-order chi connectivity index (χ1) is 11.3. The fourth-order valence-electron chi connectivity index (χ4n) is 3.30. The first-order valence-corrected chi connectivity index (χ1v) is 9.39. The number of methoxy groups -OCH3 is 1. The Bertz CT molecular complexity index is 534. The highest BCUT2D eigenvalue weighted by Crippen LogP contribution is 2.30. The second-order valence-electron chi connectivity index (χ2n) is 5.98. The highest BCUT2D eigenvalue weighted by molar-refractivity contribution is 7.99. The van der Waals surface area contributed by atoms with E-state index in [9.17, 15) is 4.79 Å². The number of ether oxygens (including phenoxy) is 1. The molecule has 2 aliphatic heterocycles. The monoisotopic (exact) mass is 335 g/mol. The summed E-state index contributed by atoms with van der Waals surface area (Å²) in [5, 5.41) is 6.86. The van der Waals surface area contributed by atoms with Crippen LogP contribution in [-0.2, 0) is 4.79 Å². The smallest absolute Gasteiger partial charge is 0.224 e. The number of carbonyl (C=O) groups excluding carboxylic acids is 1. The molecule has 0 saturated carbocycles. The zero-order valence-corrected chi connectivity index (χ0v) is 14.4. The van der Waals surface area contributed by atoms with E-state index in [2.05, 4.69) is 16.7 Å². The molecule has 126 valence electrons. The Morgan fingerprint density at radius 2 is 2.26 bits per heavy atom. The molecule has 5 nitrogen and oxygen atoms in total. The normalized spacial score (nSPS) is 25.2. The van der Waals surface area contributed by atoms with Gasteiger partial charge in [0, 0.05) is 55.7 Å². The number of amides is 1. The number of carbonyl (C=O) groups is 1. The van der Waals surface area contributed by atoms with Crippen LogP contribution in [0.25, 0.3) is 0 Å². The molecule has 6 heteroatoms. The maximum Gasteiger partial charge on any atom is 0.224 e. The summed E-state index contributed by atoms with van der Waals surface area (Å²) in [6, 6.07) is 8.35. The van der Waals surface area contributed by atoms with Gasteiger partial charge in [-0.1, -0.05) is 18.2 Å². The van der Waals surface area contributed by atoms with E-state index in [0.29, 0.717) is 12.5 Å². The van der Waals surface area contributed by atoms with Crippen LogP contribution < -0.4 is 15.4 Å². The quantitative estimate of drug-likeness (QED) is 0.868. The van der Waals surface area contributed by atoms with E-state index in [-0.39, 0.29) is 11.9 Å². The molecule has 2 atom stereocenters. The average molecular weight is 335 g/mol. The highest BCUT2D eigenvalue weighted by atomic mass is 32.2. The molecule has 23 heavy (non-hydrogen) atoms. The van der Waals surface area contributed by atoms with Crippen LogP contribution in [0.4, 0.5) is 0 Å². The van der Waals surface area contributed by atoms with Crippen LogP contribution in [-0.4, -0.2) is 61.6 Å². The van der Waals surface area contributed by atoms with Gasteiger partial charge in [-0.2, -0.15) is 11.8 Å². The fourth-order valence-corrected chi connectivity index (χ4v) is 4.25. The van der Waals surface area contributed by atoms with E-state index < -0.39 is 0 Å². The first kappa shape index (κ1) is 16.6. The maximum atomic E-state index is 12.9. The van der Waals surface area contributed by atoms with Crippen LogP contribution in [0.3, 0.4) is 0 Å². The van der Waals surface area contributed by atoms with Gasteiger partial charge < -0.3 is 20.3 Å². The Balaban J connectivity index is 1.74. The lowest BCUT2D eigenvalue weighted by molar-refractivity contribution is -0.135. The molecule has 2 fully saturated rings. The fraction of sp³-hybridized carbons (Fsp3) is 0.588. The second kappa shape index (κ2) is 8.04. The van der Waals surface area contributed by atoms with Crippen molar-refractivity contribution >= 4 is 17.7 Å². The molecule has 0 aromatic heterocycles. The summed E-state index contributed by atoms with van der Waals surface area (Å²) >= 11 is 1.93. The number of nitrogens with zero attached hydrogens (tertiary/aromatic N) is 1. The van der Waals surface area contributed by atoms with Gasteiger partial charge in [-0.05, 0) is 6.07 Å². The van der Waals surface area contributed by atoms with Crippen molar-refractivity contribution < 1.29 is 9.53 Å². The van der Waals surface area contributed by atoms with Crippen LogP contribution >= 0.6 is 11.8 Å². The summed E-state index contributed by atoms with van der Waals surface area (Å²) in [6.45, 7) is 3.38. The lowest BCUT2D eigenvalue weighted by atomic mass is 10.0. The number of rotatable bonds is 4. The largest absolute Gasteiger partial charge is 0.496 e. The molecule has 3 rings (SSSR count). The molecular formula is C17H25N3O2S. The van der Waals surface area contributed by atoms with E-state index >= 15 is 0 Å². The minimum Gasteiger partial charge on any atom is -0.496 e. The summed E-state index contributed by atoms with van der Waals surface area (Å²) in [6.07, 6.45) is 0.582. The topological polar surface area (TPSA) is 53.6 Å². The van der Waals surface area contributed by atoms with Gasteiger partial charge in [-0.25, -0.2) is 0 Å². The third-order valence-electron chi connectivity index (χ3n) is 4.48. The molecule has 0 aliphatic carbocycles. The minimum atomic E-state index is 0.0450. The Morgan fingerprint density at radius 3 is 3.04 bits per heavy atom. The molecule has 2 N–H and O–H groups in total. The SMILES string of the molecule is COc1ccccc1C1CNCCN1C(=O)CC1CSCCN1. The molecule has 2 unspecified atom stereocenters. The maximum absolute atomic E-state index is 12.9. The molecule has 0 bridgehead atoms. The van der Waals surface area contributed by atoms with Gasteiger partial charge in [0.2, 0.25) is 5.91 Å². The Hall–Kier alpha value is -1.24. The summed E-state index contributed by atoms with van der Waals surface area (Å²) in [7, 11) is 1.68. The number of thioether (sulfide) groups is 1. The molecule has 1 aromatic carbocycles. The predicted molar refractivity (Wildman–Crippen MR) is 94.1 cm³/mol. The van der Waals surface area contributed by atoms with Crippen LogP contribution in [0.15, 0.2) is 24.3 Å². The van der Waals surface area contributed by atoms with Gasteiger partial charge in [-0.3, -0.25) is 4.79 Å². The van der Waals surface area contributed by atoms with E-state index in [1.165, 1.54) is 0 Å². The Labute approximate surface area is 142 Å². The lowest BCUT2D eigenvalue weighted by Gasteiger charge is -2.38. The standard InChI is InChI=1S/C17H25N3O2S/c1-22-16-5-3-2-4-14(16)15-11-18-6-8-20(15)17(21)10-13-12-23-9-7-19-13/h2-5,13,15,18-19H,6-12H2,1H3. The average Bonchev–Trinajstić information content (AvgIpc) is 2.62. The van der Waals surface area contributed by atoms with E-state index in [0.717, 1.165) is 49.0 Å². The van der Waals surface area contributed by atoms with Gasteiger partial charge in [0.15, 0.2) is 0 Å². The summed E-state index contributed by atoms with van der Waals surface area (Å²) < 4.78 is 5.50. The van der Waals surface area contributed by atoms with Gasteiger partial charge >= 0.3 is 0 Å². The van der Waals surface area contributed by atoms with Gasteiger partial charge in [0.05, 0.1) is 13.2 Å². The van der Waals surface area contributed by atoms with Crippen LogP contribution in [0, 0.1) is 0 Å². The van der Waals surface area contributed by atoms with Crippen LogP contribution in [0.5, 0.6) is 5.75 Å². The van der Waals surface area contributed by atoms with Crippen molar-refractivity contribution in [2.45, 2.75) is 18.5 Å². The zero-order valence-electron chi connectivity index (χ0n) is 13.6. The van der Waals surface area contributed by atoms with Crippen molar-refractivity contribution in [3.05, 3.63) is 29.8 Å². The number of hydrogen-bond acceptors (Lipinski definition) is 5. The van der Waals surface area contributed by atoms with Gasteiger partial charge in [0.25, 0.3) is 0 Å². The van der Waals surface area contributed by atoms with Crippen LogP contribution in [0.2, 0.25) is 0 Å². The molecule has 0 radical (unpaired) electrons. The zero-order chi connectivity index (χ0) is 16.1. The van der Waals surface area contributed by atoms with E-state index in [1.54, 1.807) is 7.11 Å². The number of hydrogen-bond donors (Lipinski definition) is 2. The number of benzene rings is 1. The van der Waals surface area contributed by atoms with Crippen LogP contribution in [0.1, 0.15) is 18.0 Å². The molecule has 0 spiro atoms. The first-order valence-electron chi connectivity index (χ1n) is 8.24. The molecule has 1 aromatic rings. The Morgan fingerprint density at radius 1 is 1.39 bits per heavy atom. The van der Waals surface area contributed by atoms with Crippen molar-refractivity contribution in [1.29, 1.82) is 0 Å². The molecular weight excluding hydrogens is 310 g/mol. The minimum absolute atomic E-state index is 0.0450. The number of piperazine rings is 1. The predicted octanol–water partition coefficient (Wildman–Crippen LogP) is 1.26. The second-order valence-corrected chi connectivity index (χ2v) is 7.13. The van der Waals surface area contributed by atoms with Crippen molar-refractivity contribution in [3.63, 3.8) is 0 Å². The van der Waals surface area contributed by atoms with Crippen molar-refractivity contribution in [1.82, 2.24) is 15.5 Å². The van der Waals surface area contributed by atoms with E-state index in [4.69, 9.17) is 4.74 Å². The number of para-hydroxylation sites is 1. The highest BCUT2D eigenvalue weighted by Gasteiger charge is 2.31. The third kappa shape index (κ3) is 4.00. The molecule has 1 amide bonds. The third-order valence-corrected chi connectivity index (χ3v) is 5.61. The van der Waals surface area contributed by atoms with Crippen molar-refractivity contribution in [3.8, 4) is 5.75 Å². The van der Waals surface area contributed by atoms with Crippen molar-refractivity contribution in [2.24, 2.45) is 0 Å². The lowest BCUT2D eigenvalue weighted by Crippen LogP contribution is -2.50. The molecule has 2 saturated heterocycles. The Kier molecular flexibility index (Phi) is 5.80. The van der Waals surface area contributed by atoms with Crippen molar-refractivity contribution in [2.75, 3.05) is 44.8 Å².